The van der Waals surface area contributed by atoms with E-state index in [0.29, 0.717) is 16.7 Å². The molecule has 0 unspecified atom stereocenters. The van der Waals surface area contributed by atoms with Gasteiger partial charge in [0.25, 0.3) is 0 Å². The predicted octanol–water partition coefficient (Wildman–Crippen LogP) is 6.30. The van der Waals surface area contributed by atoms with Crippen molar-refractivity contribution in [2.45, 2.75) is 37.6 Å². The van der Waals surface area contributed by atoms with Gasteiger partial charge in [-0.05, 0) is 60.4 Å². The summed E-state index contributed by atoms with van der Waals surface area (Å²) in [5, 5.41) is 1.10. The molecule has 5 nitrogen and oxygen atoms in total. The molecule has 0 spiro atoms. The summed E-state index contributed by atoms with van der Waals surface area (Å²) >= 11 is 7.35. The van der Waals surface area contributed by atoms with Crippen LogP contribution in [-0.2, 0) is 27.6 Å². The second-order valence-electron chi connectivity index (χ2n) is 7.99. The molecule has 1 heterocycles. The van der Waals surface area contributed by atoms with E-state index in [2.05, 4.69) is 19.1 Å². The zero-order chi connectivity index (χ0) is 24.1. The number of halogens is 1. The molecule has 34 heavy (non-hydrogen) atoms. The molecule has 1 amide bonds. The first-order chi connectivity index (χ1) is 16.4. The third-order valence-corrected chi connectivity index (χ3v) is 8.65. The van der Waals surface area contributed by atoms with E-state index in [0.717, 1.165) is 22.2 Å². The number of aryl methyl sites for hydroxylation is 1. The van der Waals surface area contributed by atoms with Crippen molar-refractivity contribution >= 4 is 54.0 Å². The Labute approximate surface area is 208 Å². The fraction of sp³-hybridized carbons (Fsp3) is 0.231. The molecule has 0 atom stereocenters. The van der Waals surface area contributed by atoms with Gasteiger partial charge in [-0.3, -0.25) is 9.69 Å². The van der Waals surface area contributed by atoms with Gasteiger partial charge < -0.3 is 0 Å². The van der Waals surface area contributed by atoms with E-state index < -0.39 is 9.84 Å². The zero-order valence-corrected chi connectivity index (χ0v) is 21.2. The van der Waals surface area contributed by atoms with Gasteiger partial charge in [-0.2, -0.15) is 0 Å². The first-order valence-electron chi connectivity index (χ1n) is 11.1. The van der Waals surface area contributed by atoms with E-state index in [-0.39, 0.29) is 29.4 Å². The maximum Gasteiger partial charge on any atom is 0.229 e. The lowest BCUT2D eigenvalue weighted by Gasteiger charge is -2.20. The van der Waals surface area contributed by atoms with Gasteiger partial charge in [0.1, 0.15) is 0 Å². The standard InChI is InChI=1S/C26H25ClN2O3S2/c1-2-19-10-15-23-24(17-19)33-26(28-23)29(18-20-7-4-3-5-8-20)25(30)9-6-16-34(31,32)22-13-11-21(27)12-14-22/h3-5,7-8,10-15,17H,2,6,9,16,18H2,1H3. The number of hydrogen-bond acceptors (Lipinski definition) is 5. The lowest BCUT2D eigenvalue weighted by Crippen LogP contribution is -2.30. The van der Waals surface area contributed by atoms with E-state index in [1.54, 1.807) is 17.0 Å². The van der Waals surface area contributed by atoms with Gasteiger partial charge in [-0.1, -0.05) is 66.3 Å². The number of benzene rings is 3. The van der Waals surface area contributed by atoms with Crippen LogP contribution in [0.3, 0.4) is 0 Å². The van der Waals surface area contributed by atoms with E-state index >= 15 is 0 Å². The number of hydrogen-bond donors (Lipinski definition) is 0. The Hall–Kier alpha value is -2.74. The summed E-state index contributed by atoms with van der Waals surface area (Å²) in [7, 11) is -3.49. The number of thiazole rings is 1. The fourth-order valence-electron chi connectivity index (χ4n) is 3.63. The number of nitrogens with zero attached hydrogens (tertiary/aromatic N) is 2. The molecule has 0 aliphatic rings. The van der Waals surface area contributed by atoms with E-state index in [9.17, 15) is 13.2 Å². The molecule has 0 aliphatic heterocycles. The predicted molar refractivity (Wildman–Crippen MR) is 139 cm³/mol. The van der Waals surface area contributed by atoms with Crippen molar-refractivity contribution in [3.8, 4) is 0 Å². The molecule has 4 rings (SSSR count). The van der Waals surface area contributed by atoms with Crippen LogP contribution in [0.5, 0.6) is 0 Å². The molecule has 0 aliphatic carbocycles. The number of fused-ring (bicyclic) bond motifs is 1. The second-order valence-corrected chi connectivity index (χ2v) is 11.5. The Morgan fingerprint density at radius 1 is 1.00 bits per heavy atom. The molecule has 8 heteroatoms. The van der Waals surface area contributed by atoms with Gasteiger partial charge in [0, 0.05) is 11.4 Å². The summed E-state index contributed by atoms with van der Waals surface area (Å²) in [4.78, 5) is 19.9. The summed E-state index contributed by atoms with van der Waals surface area (Å²) < 4.78 is 26.3. The van der Waals surface area contributed by atoms with Crippen LogP contribution in [0.4, 0.5) is 5.13 Å². The van der Waals surface area contributed by atoms with Gasteiger partial charge in [0.2, 0.25) is 5.91 Å². The summed E-state index contributed by atoms with van der Waals surface area (Å²) in [6.45, 7) is 2.48. The molecule has 4 aromatic rings. The minimum atomic E-state index is -3.49. The Kier molecular flexibility index (Phi) is 7.66. The van der Waals surface area contributed by atoms with Crippen LogP contribution in [-0.4, -0.2) is 25.1 Å². The van der Waals surface area contributed by atoms with Gasteiger partial charge in [-0.25, -0.2) is 13.4 Å². The third-order valence-electron chi connectivity index (χ3n) is 5.54. The quantitative estimate of drug-likeness (QED) is 0.264. The van der Waals surface area contributed by atoms with Gasteiger partial charge in [0.15, 0.2) is 15.0 Å². The number of carbonyl (C=O) groups is 1. The van der Waals surface area contributed by atoms with Crippen molar-refractivity contribution in [1.29, 1.82) is 0 Å². The Bertz CT molecular complexity index is 1380. The highest BCUT2D eigenvalue weighted by Crippen LogP contribution is 2.31. The molecule has 0 fully saturated rings. The number of carbonyl (C=O) groups excluding carboxylic acids is 1. The van der Waals surface area contributed by atoms with E-state index in [1.807, 2.05) is 36.4 Å². The minimum absolute atomic E-state index is 0.107. The normalized spacial score (nSPS) is 11.6. The average molecular weight is 513 g/mol. The van der Waals surface area contributed by atoms with Crippen LogP contribution < -0.4 is 4.90 Å². The third kappa shape index (κ3) is 5.84. The number of sulfone groups is 1. The van der Waals surface area contributed by atoms with Crippen molar-refractivity contribution in [2.75, 3.05) is 10.7 Å². The number of amides is 1. The van der Waals surface area contributed by atoms with Crippen molar-refractivity contribution in [2.24, 2.45) is 0 Å². The number of anilines is 1. The molecular formula is C26H25ClN2O3S2. The molecule has 0 saturated carbocycles. The van der Waals surface area contributed by atoms with Crippen molar-refractivity contribution < 1.29 is 13.2 Å². The summed E-state index contributed by atoms with van der Waals surface area (Å²) in [5.74, 6) is -0.260. The Morgan fingerprint density at radius 3 is 2.44 bits per heavy atom. The first-order valence-corrected chi connectivity index (χ1v) is 13.9. The molecule has 176 valence electrons. The largest absolute Gasteiger partial charge is 0.284 e. The van der Waals surface area contributed by atoms with Crippen LogP contribution in [0.25, 0.3) is 10.2 Å². The smallest absolute Gasteiger partial charge is 0.229 e. The number of rotatable bonds is 9. The summed E-state index contributed by atoms with van der Waals surface area (Å²) in [6, 6.07) is 22.0. The summed E-state index contributed by atoms with van der Waals surface area (Å²) in [5.41, 5.74) is 3.06. The molecule has 0 bridgehead atoms. The van der Waals surface area contributed by atoms with E-state index in [4.69, 9.17) is 16.6 Å². The lowest BCUT2D eigenvalue weighted by molar-refractivity contribution is -0.118. The number of aromatic nitrogens is 1. The van der Waals surface area contributed by atoms with Gasteiger partial charge in [0.05, 0.1) is 27.4 Å². The highest BCUT2D eigenvalue weighted by atomic mass is 35.5. The van der Waals surface area contributed by atoms with Gasteiger partial charge in [-0.15, -0.1) is 0 Å². The first kappa shape index (κ1) is 24.4. The highest BCUT2D eigenvalue weighted by Gasteiger charge is 2.22. The Morgan fingerprint density at radius 2 is 1.74 bits per heavy atom. The van der Waals surface area contributed by atoms with E-state index in [1.165, 1.54) is 29.0 Å². The van der Waals surface area contributed by atoms with Crippen LogP contribution in [0.1, 0.15) is 30.9 Å². The fourth-order valence-corrected chi connectivity index (χ4v) is 6.11. The van der Waals surface area contributed by atoms with Crippen LogP contribution in [0.15, 0.2) is 77.7 Å². The maximum atomic E-state index is 13.3. The SMILES string of the molecule is CCc1ccc2nc(N(Cc3ccccc3)C(=O)CCCS(=O)(=O)c3ccc(Cl)cc3)sc2c1. The monoisotopic (exact) mass is 512 g/mol. The topological polar surface area (TPSA) is 67.3 Å². The molecular weight excluding hydrogens is 488 g/mol. The molecule has 0 radical (unpaired) electrons. The molecule has 0 saturated heterocycles. The van der Waals surface area contributed by atoms with Crippen molar-refractivity contribution in [1.82, 2.24) is 4.98 Å². The highest BCUT2D eigenvalue weighted by molar-refractivity contribution is 7.91. The van der Waals surface area contributed by atoms with Crippen molar-refractivity contribution in [3.63, 3.8) is 0 Å². The average Bonchev–Trinajstić information content (AvgIpc) is 3.26. The lowest BCUT2D eigenvalue weighted by atomic mass is 10.2. The zero-order valence-electron chi connectivity index (χ0n) is 18.8. The Balaban J connectivity index is 1.53. The summed E-state index contributed by atoms with van der Waals surface area (Å²) in [6.07, 6.45) is 1.26. The second kappa shape index (κ2) is 10.7. The molecule has 0 N–H and O–H groups in total. The maximum absolute atomic E-state index is 13.3. The van der Waals surface area contributed by atoms with Crippen LogP contribution in [0.2, 0.25) is 5.02 Å². The van der Waals surface area contributed by atoms with Crippen LogP contribution in [0, 0.1) is 0 Å². The van der Waals surface area contributed by atoms with Gasteiger partial charge >= 0.3 is 0 Å². The molecule has 3 aromatic carbocycles. The van der Waals surface area contributed by atoms with Crippen LogP contribution >= 0.6 is 22.9 Å². The van der Waals surface area contributed by atoms with Crippen molar-refractivity contribution in [3.05, 3.63) is 88.9 Å². The minimum Gasteiger partial charge on any atom is -0.284 e. The molecule has 1 aromatic heterocycles.